The predicted molar refractivity (Wildman–Crippen MR) is 82.7 cm³/mol. The number of thiophene rings is 1. The number of carbonyl (C=O) groups excluding carboxylic acids is 2. The smallest absolute Gasteiger partial charge is 0.264 e. The van der Waals surface area contributed by atoms with E-state index < -0.39 is 5.91 Å². The van der Waals surface area contributed by atoms with Crippen LogP contribution in [0.5, 0.6) is 0 Å². The monoisotopic (exact) mass is 317 g/mol. The van der Waals surface area contributed by atoms with E-state index in [4.69, 9.17) is 5.73 Å². The number of carbonyl (C=O) groups is 2. The van der Waals surface area contributed by atoms with Gasteiger partial charge in [-0.05, 0) is 25.5 Å². The third-order valence-corrected chi connectivity index (χ3v) is 4.21. The summed E-state index contributed by atoms with van der Waals surface area (Å²) in [5.74, 6) is -0.479. The molecule has 2 amide bonds. The summed E-state index contributed by atoms with van der Waals surface area (Å²) in [6.45, 7) is 4.61. The van der Waals surface area contributed by atoms with Crippen LogP contribution in [0.4, 0.5) is 0 Å². The molecule has 112 valence electrons. The number of primary amides is 1. The summed E-state index contributed by atoms with van der Waals surface area (Å²) in [5, 5.41) is 4.92. The molecule has 20 heavy (non-hydrogen) atoms. The van der Waals surface area contributed by atoms with Crippen molar-refractivity contribution in [3.63, 3.8) is 0 Å². The number of halogens is 1. The van der Waals surface area contributed by atoms with Crippen molar-refractivity contribution in [2.24, 2.45) is 5.73 Å². The van der Waals surface area contributed by atoms with Gasteiger partial charge in [0.25, 0.3) is 5.91 Å². The zero-order valence-electron chi connectivity index (χ0n) is 11.4. The third kappa shape index (κ3) is 3.71. The third-order valence-electron chi connectivity index (χ3n) is 3.30. The molecule has 0 saturated carbocycles. The second kappa shape index (κ2) is 7.61. The molecule has 1 saturated heterocycles. The molecule has 1 fully saturated rings. The van der Waals surface area contributed by atoms with Crippen LogP contribution in [0.1, 0.15) is 39.8 Å². The van der Waals surface area contributed by atoms with Gasteiger partial charge in [0.1, 0.15) is 0 Å². The van der Waals surface area contributed by atoms with Crippen LogP contribution in [0.25, 0.3) is 0 Å². The van der Waals surface area contributed by atoms with Crippen LogP contribution in [0.3, 0.4) is 0 Å². The Morgan fingerprint density at radius 2 is 2.30 bits per heavy atom. The summed E-state index contributed by atoms with van der Waals surface area (Å²) in [7, 11) is 0. The summed E-state index contributed by atoms with van der Waals surface area (Å²) in [4.78, 5) is 26.1. The lowest BCUT2D eigenvalue weighted by Gasteiger charge is -2.27. The topological polar surface area (TPSA) is 75.4 Å². The fourth-order valence-corrected chi connectivity index (χ4v) is 3.17. The molecule has 2 rings (SSSR count). The van der Waals surface area contributed by atoms with Gasteiger partial charge in [-0.15, -0.1) is 23.7 Å². The molecule has 0 radical (unpaired) electrons. The van der Waals surface area contributed by atoms with E-state index in [0.29, 0.717) is 10.4 Å². The van der Waals surface area contributed by atoms with Crippen molar-refractivity contribution >= 4 is 35.6 Å². The van der Waals surface area contributed by atoms with Gasteiger partial charge in [-0.25, -0.2) is 0 Å². The molecular formula is C13H20ClN3O2S. The van der Waals surface area contributed by atoms with Crippen LogP contribution in [0.2, 0.25) is 0 Å². The molecule has 1 atom stereocenters. The number of hydrogen-bond donors (Lipinski definition) is 2. The first-order chi connectivity index (χ1) is 9.13. The maximum Gasteiger partial charge on any atom is 0.264 e. The number of nitrogens with zero attached hydrogens (tertiary/aromatic N) is 1. The van der Waals surface area contributed by atoms with E-state index in [2.05, 4.69) is 12.2 Å². The van der Waals surface area contributed by atoms with Gasteiger partial charge >= 0.3 is 0 Å². The molecule has 3 N–H and O–H groups in total. The standard InChI is InChI=1S/C13H19N3O2S.ClH/c1-2-5-16(10-3-4-15-7-10)13(18)11-6-9(8-19-11)12(14)17;/h6,8,10,15H,2-5,7H2,1H3,(H2,14,17);1H. The van der Waals surface area contributed by atoms with Gasteiger partial charge in [0.15, 0.2) is 0 Å². The first-order valence-corrected chi connectivity index (χ1v) is 7.41. The number of rotatable bonds is 5. The van der Waals surface area contributed by atoms with E-state index in [-0.39, 0.29) is 24.4 Å². The van der Waals surface area contributed by atoms with E-state index in [9.17, 15) is 9.59 Å². The Kier molecular flexibility index (Phi) is 6.45. The van der Waals surface area contributed by atoms with E-state index in [1.54, 1.807) is 11.4 Å². The Balaban J connectivity index is 0.00000200. The SMILES string of the molecule is CCCN(C(=O)c1cc(C(N)=O)cs1)C1CCNC1.Cl. The molecule has 0 bridgehead atoms. The molecule has 1 aliphatic heterocycles. The number of nitrogens with two attached hydrogens (primary N) is 1. The second-order valence-electron chi connectivity index (χ2n) is 4.71. The fraction of sp³-hybridized carbons (Fsp3) is 0.538. The summed E-state index contributed by atoms with van der Waals surface area (Å²) in [5.41, 5.74) is 5.63. The molecule has 0 spiro atoms. The molecule has 1 aromatic heterocycles. The van der Waals surface area contributed by atoms with Crippen molar-refractivity contribution in [3.05, 3.63) is 21.9 Å². The number of amides is 2. The van der Waals surface area contributed by atoms with Crippen molar-refractivity contribution in [1.29, 1.82) is 0 Å². The van der Waals surface area contributed by atoms with Crippen LogP contribution < -0.4 is 11.1 Å². The van der Waals surface area contributed by atoms with E-state index >= 15 is 0 Å². The Bertz CT molecular complexity index is 472. The Morgan fingerprint density at radius 3 is 2.80 bits per heavy atom. The van der Waals surface area contributed by atoms with E-state index in [0.717, 1.165) is 32.5 Å². The Morgan fingerprint density at radius 1 is 1.55 bits per heavy atom. The van der Waals surface area contributed by atoms with Crippen molar-refractivity contribution < 1.29 is 9.59 Å². The normalized spacial score (nSPS) is 17.6. The lowest BCUT2D eigenvalue weighted by molar-refractivity contribution is 0.0697. The van der Waals surface area contributed by atoms with Gasteiger partial charge < -0.3 is 16.0 Å². The lowest BCUT2D eigenvalue weighted by Crippen LogP contribution is -2.41. The van der Waals surface area contributed by atoms with Gasteiger partial charge in [0.05, 0.1) is 10.4 Å². The highest BCUT2D eigenvalue weighted by molar-refractivity contribution is 7.12. The average Bonchev–Trinajstić information content (AvgIpc) is 3.05. The van der Waals surface area contributed by atoms with Crippen LogP contribution in [0, 0.1) is 0 Å². The minimum atomic E-state index is -0.486. The van der Waals surface area contributed by atoms with Gasteiger partial charge in [-0.3, -0.25) is 9.59 Å². The largest absolute Gasteiger partial charge is 0.366 e. The molecule has 0 aromatic carbocycles. The van der Waals surface area contributed by atoms with Crippen LogP contribution >= 0.6 is 23.7 Å². The molecule has 1 aliphatic rings. The fourth-order valence-electron chi connectivity index (χ4n) is 2.32. The van der Waals surface area contributed by atoms with Gasteiger partial charge in [-0.1, -0.05) is 6.92 Å². The highest BCUT2D eigenvalue weighted by Gasteiger charge is 2.27. The minimum absolute atomic E-state index is 0. The molecular weight excluding hydrogens is 298 g/mol. The Hall–Kier alpha value is -1.11. The van der Waals surface area contributed by atoms with Gasteiger partial charge in [-0.2, -0.15) is 0 Å². The zero-order valence-corrected chi connectivity index (χ0v) is 13.1. The average molecular weight is 318 g/mol. The predicted octanol–water partition coefficient (Wildman–Crippen LogP) is 1.48. The number of nitrogens with one attached hydrogen (secondary N) is 1. The van der Waals surface area contributed by atoms with Gasteiger partial charge in [0, 0.05) is 24.5 Å². The van der Waals surface area contributed by atoms with E-state index in [1.165, 1.54) is 11.3 Å². The quantitative estimate of drug-likeness (QED) is 0.864. The number of hydrogen-bond acceptors (Lipinski definition) is 4. The highest BCUT2D eigenvalue weighted by Crippen LogP contribution is 2.20. The maximum atomic E-state index is 12.5. The van der Waals surface area contributed by atoms with Crippen molar-refractivity contribution in [2.75, 3.05) is 19.6 Å². The summed E-state index contributed by atoms with van der Waals surface area (Å²) in [6.07, 6.45) is 1.91. The van der Waals surface area contributed by atoms with Crippen molar-refractivity contribution in [1.82, 2.24) is 10.2 Å². The molecule has 1 unspecified atom stereocenters. The highest BCUT2D eigenvalue weighted by atomic mass is 35.5. The molecule has 7 heteroatoms. The first-order valence-electron chi connectivity index (χ1n) is 6.53. The van der Waals surface area contributed by atoms with Crippen LogP contribution in [0.15, 0.2) is 11.4 Å². The van der Waals surface area contributed by atoms with Gasteiger partial charge in [0.2, 0.25) is 5.91 Å². The summed E-state index contributed by atoms with van der Waals surface area (Å²) in [6, 6.07) is 1.85. The molecule has 1 aromatic rings. The van der Waals surface area contributed by atoms with Crippen molar-refractivity contribution in [2.45, 2.75) is 25.8 Å². The first kappa shape index (κ1) is 16.9. The lowest BCUT2D eigenvalue weighted by atomic mass is 10.2. The summed E-state index contributed by atoms with van der Waals surface area (Å²) < 4.78 is 0. The van der Waals surface area contributed by atoms with Crippen LogP contribution in [-0.2, 0) is 0 Å². The molecule has 5 nitrogen and oxygen atoms in total. The molecule has 0 aliphatic carbocycles. The van der Waals surface area contributed by atoms with Crippen LogP contribution in [-0.4, -0.2) is 42.4 Å². The molecule has 2 heterocycles. The zero-order chi connectivity index (χ0) is 13.8. The Labute approximate surface area is 128 Å². The summed E-state index contributed by atoms with van der Waals surface area (Å²) >= 11 is 1.29. The van der Waals surface area contributed by atoms with Crippen molar-refractivity contribution in [3.8, 4) is 0 Å². The minimum Gasteiger partial charge on any atom is -0.366 e. The maximum absolute atomic E-state index is 12.5. The van der Waals surface area contributed by atoms with E-state index in [1.807, 2.05) is 4.90 Å². The second-order valence-corrected chi connectivity index (χ2v) is 5.62.